The molecule has 0 bridgehead atoms. The molecule has 1 aliphatic rings. The first-order valence-corrected chi connectivity index (χ1v) is 5.81. The third-order valence-electron chi connectivity index (χ3n) is 2.60. The number of carbonyl (C=O) groups excluding carboxylic acids is 1. The Balaban J connectivity index is 2.09. The van der Waals surface area contributed by atoms with Gasteiger partial charge in [0.25, 0.3) is 0 Å². The maximum Gasteiger partial charge on any atom is 0.325 e. The van der Waals surface area contributed by atoms with Crippen LogP contribution in [-0.4, -0.2) is 48.9 Å². The van der Waals surface area contributed by atoms with Gasteiger partial charge in [-0.25, -0.2) is 0 Å². The van der Waals surface area contributed by atoms with Gasteiger partial charge >= 0.3 is 5.97 Å². The average Bonchev–Trinajstić information content (AvgIpc) is 2.30. The summed E-state index contributed by atoms with van der Waals surface area (Å²) < 4.78 is 10.7. The number of amides is 1. The van der Waals surface area contributed by atoms with Crippen LogP contribution in [0.3, 0.4) is 0 Å². The Bertz CT molecular complexity index is 263. The molecule has 6 nitrogen and oxygen atoms in total. The third kappa shape index (κ3) is 5.65. The van der Waals surface area contributed by atoms with Crippen LogP contribution >= 0.6 is 0 Å². The lowest BCUT2D eigenvalue weighted by atomic mass is 10.1. The molecule has 6 heteroatoms. The molecule has 0 aromatic carbocycles. The van der Waals surface area contributed by atoms with Crippen molar-refractivity contribution in [3.8, 4) is 0 Å². The maximum absolute atomic E-state index is 11.3. The summed E-state index contributed by atoms with van der Waals surface area (Å²) in [5, 5.41) is 11.0. The summed E-state index contributed by atoms with van der Waals surface area (Å²) in [4.78, 5) is 21.8. The van der Waals surface area contributed by atoms with E-state index in [1.165, 1.54) is 6.92 Å². The zero-order valence-corrected chi connectivity index (χ0v) is 9.98. The molecule has 0 spiro atoms. The summed E-state index contributed by atoms with van der Waals surface area (Å²) >= 11 is 0. The van der Waals surface area contributed by atoms with Crippen molar-refractivity contribution in [1.29, 1.82) is 0 Å². The average molecular weight is 245 g/mol. The van der Waals surface area contributed by atoms with Gasteiger partial charge in [0.1, 0.15) is 6.04 Å². The highest BCUT2D eigenvalue weighted by atomic mass is 16.5. The van der Waals surface area contributed by atoms with Crippen LogP contribution in [0.2, 0.25) is 0 Å². The minimum atomic E-state index is -1.04. The van der Waals surface area contributed by atoms with Crippen molar-refractivity contribution in [3.05, 3.63) is 0 Å². The molecule has 1 rings (SSSR count). The first-order chi connectivity index (χ1) is 8.09. The van der Waals surface area contributed by atoms with Gasteiger partial charge in [0.15, 0.2) is 0 Å². The van der Waals surface area contributed by atoms with Gasteiger partial charge in [-0.3, -0.25) is 9.59 Å². The Morgan fingerprint density at radius 3 is 2.71 bits per heavy atom. The molecule has 0 radical (unpaired) electrons. The van der Waals surface area contributed by atoms with E-state index in [1.54, 1.807) is 0 Å². The maximum atomic E-state index is 11.3. The van der Waals surface area contributed by atoms with E-state index < -0.39 is 12.0 Å². The topological polar surface area (TPSA) is 84.9 Å². The first kappa shape index (κ1) is 13.9. The van der Waals surface area contributed by atoms with Crippen molar-refractivity contribution >= 4 is 11.9 Å². The Morgan fingerprint density at radius 2 is 2.12 bits per heavy atom. The molecule has 1 saturated heterocycles. The molecule has 1 aliphatic heterocycles. The minimum Gasteiger partial charge on any atom is -0.480 e. The number of rotatable bonds is 6. The summed E-state index contributed by atoms with van der Waals surface area (Å²) in [5.74, 6) is -1.34. The second-order valence-corrected chi connectivity index (χ2v) is 4.06. The van der Waals surface area contributed by atoms with E-state index in [4.69, 9.17) is 14.6 Å². The number of aliphatic carboxylic acids is 1. The number of hydrogen-bond acceptors (Lipinski definition) is 4. The first-order valence-electron chi connectivity index (χ1n) is 5.81. The van der Waals surface area contributed by atoms with E-state index in [0.717, 1.165) is 12.8 Å². The van der Waals surface area contributed by atoms with Gasteiger partial charge in [0, 0.05) is 19.6 Å². The molecule has 1 amide bonds. The van der Waals surface area contributed by atoms with Crippen LogP contribution in [0.4, 0.5) is 0 Å². The highest BCUT2D eigenvalue weighted by Gasteiger charge is 2.16. The van der Waals surface area contributed by atoms with Crippen LogP contribution in [0, 0.1) is 0 Å². The van der Waals surface area contributed by atoms with Gasteiger partial charge in [-0.1, -0.05) is 0 Å². The molecule has 2 N–H and O–H groups in total. The molecular weight excluding hydrogens is 226 g/mol. The zero-order chi connectivity index (χ0) is 12.7. The van der Waals surface area contributed by atoms with E-state index in [0.29, 0.717) is 19.8 Å². The Hall–Kier alpha value is -1.14. The lowest BCUT2D eigenvalue weighted by Crippen LogP contribution is -2.38. The molecule has 17 heavy (non-hydrogen) atoms. The monoisotopic (exact) mass is 245 g/mol. The van der Waals surface area contributed by atoms with Gasteiger partial charge in [-0.05, 0) is 19.8 Å². The predicted octanol–water partition coefficient (Wildman–Crippen LogP) is 0.161. The molecule has 1 atom stereocenters. The number of carbonyl (C=O) groups is 2. The van der Waals surface area contributed by atoms with E-state index in [9.17, 15) is 9.59 Å². The van der Waals surface area contributed by atoms with Gasteiger partial charge in [-0.15, -0.1) is 0 Å². The summed E-state index contributed by atoms with van der Waals surface area (Å²) in [5.41, 5.74) is 0. The van der Waals surface area contributed by atoms with Crippen molar-refractivity contribution in [2.24, 2.45) is 0 Å². The van der Waals surface area contributed by atoms with Gasteiger partial charge in [-0.2, -0.15) is 0 Å². The van der Waals surface area contributed by atoms with Crippen molar-refractivity contribution in [3.63, 3.8) is 0 Å². The number of carboxylic acids is 1. The van der Waals surface area contributed by atoms with E-state index in [-0.39, 0.29) is 18.4 Å². The normalized spacial score (nSPS) is 18.6. The Labute approximate surface area is 100 Å². The number of hydrogen-bond donors (Lipinski definition) is 2. The van der Waals surface area contributed by atoms with E-state index in [1.807, 2.05) is 0 Å². The Morgan fingerprint density at radius 1 is 1.47 bits per heavy atom. The fourth-order valence-corrected chi connectivity index (χ4v) is 1.54. The van der Waals surface area contributed by atoms with Crippen molar-refractivity contribution in [2.75, 3.05) is 19.8 Å². The van der Waals surface area contributed by atoms with Gasteiger partial charge in [0.05, 0.1) is 12.7 Å². The van der Waals surface area contributed by atoms with E-state index in [2.05, 4.69) is 5.32 Å². The van der Waals surface area contributed by atoms with Crippen LogP contribution in [-0.2, 0) is 19.1 Å². The fraction of sp³-hybridized carbons (Fsp3) is 0.818. The number of carboxylic acid groups (broad SMARTS) is 1. The second kappa shape index (κ2) is 7.24. The highest BCUT2D eigenvalue weighted by molar-refractivity contribution is 5.83. The fourth-order valence-electron chi connectivity index (χ4n) is 1.54. The van der Waals surface area contributed by atoms with Crippen molar-refractivity contribution < 1.29 is 24.2 Å². The SMILES string of the molecule is C[C@@H](NC(=O)CCOC1CCOCC1)C(=O)O. The summed E-state index contributed by atoms with van der Waals surface area (Å²) in [7, 11) is 0. The van der Waals surface area contributed by atoms with E-state index >= 15 is 0 Å². The van der Waals surface area contributed by atoms with Gasteiger partial charge in [0.2, 0.25) is 5.91 Å². The smallest absolute Gasteiger partial charge is 0.325 e. The van der Waals surface area contributed by atoms with Crippen LogP contribution in [0.1, 0.15) is 26.2 Å². The van der Waals surface area contributed by atoms with Crippen LogP contribution in [0.5, 0.6) is 0 Å². The molecule has 98 valence electrons. The predicted molar refractivity (Wildman–Crippen MR) is 59.7 cm³/mol. The zero-order valence-electron chi connectivity index (χ0n) is 9.98. The molecule has 1 fully saturated rings. The molecule has 0 aromatic rings. The molecule has 1 heterocycles. The van der Waals surface area contributed by atoms with Crippen molar-refractivity contribution in [2.45, 2.75) is 38.3 Å². The number of ether oxygens (including phenoxy) is 2. The Kier molecular flexibility index (Phi) is 5.93. The second-order valence-electron chi connectivity index (χ2n) is 4.06. The largest absolute Gasteiger partial charge is 0.480 e. The highest BCUT2D eigenvalue weighted by Crippen LogP contribution is 2.10. The summed E-state index contributed by atoms with van der Waals surface area (Å²) in [6.45, 7) is 3.15. The third-order valence-corrected chi connectivity index (χ3v) is 2.60. The quantitative estimate of drug-likeness (QED) is 0.696. The van der Waals surface area contributed by atoms with Gasteiger partial charge < -0.3 is 19.9 Å². The summed E-state index contributed by atoms with van der Waals surface area (Å²) in [6, 6.07) is -0.856. The summed E-state index contributed by atoms with van der Waals surface area (Å²) in [6.07, 6.45) is 2.06. The number of nitrogens with one attached hydrogen (secondary N) is 1. The molecule has 0 aromatic heterocycles. The van der Waals surface area contributed by atoms with Crippen LogP contribution in [0.15, 0.2) is 0 Å². The molecule has 0 aliphatic carbocycles. The van der Waals surface area contributed by atoms with Crippen LogP contribution in [0.25, 0.3) is 0 Å². The lowest BCUT2D eigenvalue weighted by molar-refractivity contribution is -0.141. The minimum absolute atomic E-state index is 0.161. The lowest BCUT2D eigenvalue weighted by Gasteiger charge is -2.22. The molecular formula is C11H19NO5. The van der Waals surface area contributed by atoms with Crippen molar-refractivity contribution in [1.82, 2.24) is 5.32 Å². The van der Waals surface area contributed by atoms with Crippen LogP contribution < -0.4 is 5.32 Å². The molecule has 0 saturated carbocycles. The molecule has 0 unspecified atom stereocenters. The standard InChI is InChI=1S/C11H19NO5/c1-8(11(14)15)12-10(13)4-7-17-9-2-5-16-6-3-9/h8-9H,2-7H2,1H3,(H,12,13)(H,14,15)/t8-/m1/s1.